The molecule has 0 aliphatic heterocycles. The van der Waals surface area contributed by atoms with Crippen LogP contribution in [0.2, 0.25) is 0 Å². The van der Waals surface area contributed by atoms with E-state index in [0.29, 0.717) is 4.47 Å². The van der Waals surface area contributed by atoms with Crippen LogP contribution in [0.5, 0.6) is 0 Å². The zero-order valence-electron chi connectivity index (χ0n) is 12.2. The smallest absolute Gasteiger partial charge is 0.274 e. The fourth-order valence-corrected chi connectivity index (χ4v) is 3.34. The Morgan fingerprint density at radius 2 is 1.13 bits per heavy atom. The van der Waals surface area contributed by atoms with Crippen molar-refractivity contribution >= 4 is 15.7 Å². The lowest BCUT2D eigenvalue weighted by Gasteiger charge is -2.17. The second kappa shape index (κ2) is 6.24. The molecule has 0 radical (unpaired) electrons. The molecule has 0 amide bonds. The van der Waals surface area contributed by atoms with Crippen LogP contribution >= 0.6 is 0 Å². The average molecular weight is 325 g/mol. The third kappa shape index (κ3) is 3.11. The predicted octanol–water partition coefficient (Wildman–Crippen LogP) is 3.94. The van der Waals surface area contributed by atoms with Gasteiger partial charge in [-0.05, 0) is 35.4 Å². The van der Waals surface area contributed by atoms with Crippen LogP contribution in [-0.4, -0.2) is 13.6 Å². The maximum atomic E-state index is 12.4. The van der Waals surface area contributed by atoms with Gasteiger partial charge in [0.25, 0.3) is 10.0 Å². The van der Waals surface area contributed by atoms with E-state index in [1.54, 1.807) is 42.5 Å². The molecule has 0 aliphatic carbocycles. The van der Waals surface area contributed by atoms with Gasteiger partial charge in [-0.3, -0.25) is 5.21 Å². The van der Waals surface area contributed by atoms with E-state index in [0.717, 1.165) is 11.1 Å². The molecule has 0 aliphatic rings. The van der Waals surface area contributed by atoms with E-state index in [1.807, 2.05) is 30.3 Å². The van der Waals surface area contributed by atoms with Crippen molar-refractivity contribution in [2.75, 3.05) is 4.47 Å². The molecular formula is C18H15NO3S. The highest BCUT2D eigenvalue weighted by Crippen LogP contribution is 2.25. The number of benzene rings is 3. The van der Waals surface area contributed by atoms with Crippen molar-refractivity contribution in [1.29, 1.82) is 0 Å². The molecule has 0 fully saturated rings. The van der Waals surface area contributed by atoms with E-state index in [1.165, 1.54) is 12.1 Å². The Morgan fingerprint density at radius 1 is 0.652 bits per heavy atom. The Kier molecular flexibility index (Phi) is 4.14. The lowest BCUT2D eigenvalue weighted by atomic mass is 10.1. The normalized spacial score (nSPS) is 11.2. The molecule has 4 nitrogen and oxygen atoms in total. The van der Waals surface area contributed by atoms with Gasteiger partial charge in [0.2, 0.25) is 0 Å². The monoisotopic (exact) mass is 325 g/mol. The van der Waals surface area contributed by atoms with Crippen LogP contribution in [0, 0.1) is 0 Å². The third-order valence-corrected chi connectivity index (χ3v) is 5.00. The number of sulfonamides is 1. The zero-order valence-corrected chi connectivity index (χ0v) is 13.0. The summed E-state index contributed by atoms with van der Waals surface area (Å²) < 4.78 is 25.0. The minimum Gasteiger partial charge on any atom is -0.274 e. The molecule has 0 aromatic heterocycles. The minimum absolute atomic E-state index is 0.0367. The molecular weight excluding hydrogens is 310 g/mol. The summed E-state index contributed by atoms with van der Waals surface area (Å²) in [7, 11) is -3.98. The molecule has 0 bridgehead atoms. The number of hydrogen-bond donors (Lipinski definition) is 1. The van der Waals surface area contributed by atoms with Gasteiger partial charge in [-0.15, -0.1) is 4.47 Å². The third-order valence-electron chi connectivity index (χ3n) is 3.46. The van der Waals surface area contributed by atoms with Crippen molar-refractivity contribution in [2.24, 2.45) is 0 Å². The molecule has 23 heavy (non-hydrogen) atoms. The predicted molar refractivity (Wildman–Crippen MR) is 89.8 cm³/mol. The highest BCUT2D eigenvalue weighted by molar-refractivity contribution is 7.92. The molecule has 3 aromatic carbocycles. The maximum Gasteiger partial charge on any atom is 0.286 e. The number of hydrogen-bond acceptors (Lipinski definition) is 3. The van der Waals surface area contributed by atoms with Gasteiger partial charge in [-0.2, -0.15) is 8.42 Å². The van der Waals surface area contributed by atoms with Gasteiger partial charge in [0.15, 0.2) is 0 Å². The summed E-state index contributed by atoms with van der Waals surface area (Å²) in [5.41, 5.74) is 2.16. The van der Waals surface area contributed by atoms with Crippen LogP contribution in [0.15, 0.2) is 89.8 Å². The minimum atomic E-state index is -3.98. The summed E-state index contributed by atoms with van der Waals surface area (Å²) in [6, 6.07) is 24.2. The number of anilines is 1. The van der Waals surface area contributed by atoms with Gasteiger partial charge >= 0.3 is 0 Å². The Morgan fingerprint density at radius 3 is 1.70 bits per heavy atom. The van der Waals surface area contributed by atoms with Gasteiger partial charge in [0.05, 0.1) is 10.6 Å². The fraction of sp³-hybridized carbons (Fsp3) is 0. The number of rotatable bonds is 4. The van der Waals surface area contributed by atoms with Crippen molar-refractivity contribution in [1.82, 2.24) is 0 Å². The standard InChI is InChI=1S/C18H15NO3S/c20-19(23(21,22)18-9-5-2-6-10-18)17-13-11-16(12-14-17)15-7-3-1-4-8-15/h1-14,20H. The second-order valence-corrected chi connectivity index (χ2v) is 6.74. The Bertz CT molecular complexity index is 877. The van der Waals surface area contributed by atoms with Crippen LogP contribution in [0.1, 0.15) is 0 Å². The lowest BCUT2D eigenvalue weighted by Crippen LogP contribution is -2.27. The van der Waals surface area contributed by atoms with Gasteiger partial charge in [0, 0.05) is 0 Å². The molecule has 5 heteroatoms. The molecule has 3 aromatic rings. The van der Waals surface area contributed by atoms with E-state index in [2.05, 4.69) is 0 Å². The summed E-state index contributed by atoms with van der Waals surface area (Å²) in [4.78, 5) is 0.0367. The Labute approximate surface area is 135 Å². The lowest BCUT2D eigenvalue weighted by molar-refractivity contribution is 0.316. The average Bonchev–Trinajstić information content (AvgIpc) is 2.63. The van der Waals surface area contributed by atoms with Crippen molar-refractivity contribution < 1.29 is 13.6 Å². The summed E-state index contributed by atoms with van der Waals surface area (Å²) in [5, 5.41) is 10.1. The van der Waals surface area contributed by atoms with Gasteiger partial charge in [-0.25, -0.2) is 0 Å². The molecule has 0 atom stereocenters. The first kappa shape index (κ1) is 15.3. The van der Waals surface area contributed by atoms with E-state index in [4.69, 9.17) is 0 Å². The summed E-state index contributed by atoms with van der Waals surface area (Å²) >= 11 is 0. The summed E-state index contributed by atoms with van der Waals surface area (Å²) in [6.07, 6.45) is 0. The maximum absolute atomic E-state index is 12.4. The Hall–Kier alpha value is -2.63. The van der Waals surface area contributed by atoms with Gasteiger partial charge in [0.1, 0.15) is 0 Å². The van der Waals surface area contributed by atoms with Crippen molar-refractivity contribution in [2.45, 2.75) is 4.90 Å². The van der Waals surface area contributed by atoms with E-state index < -0.39 is 10.0 Å². The van der Waals surface area contributed by atoms with Gasteiger partial charge < -0.3 is 0 Å². The quantitative estimate of drug-likeness (QED) is 0.739. The fourth-order valence-electron chi connectivity index (χ4n) is 2.24. The molecule has 0 unspecified atom stereocenters. The van der Waals surface area contributed by atoms with Crippen LogP contribution in [-0.2, 0) is 10.0 Å². The molecule has 0 saturated carbocycles. The van der Waals surface area contributed by atoms with E-state index in [-0.39, 0.29) is 10.6 Å². The van der Waals surface area contributed by atoms with Crippen molar-refractivity contribution in [3.8, 4) is 11.1 Å². The van der Waals surface area contributed by atoms with E-state index in [9.17, 15) is 13.6 Å². The topological polar surface area (TPSA) is 57.6 Å². The largest absolute Gasteiger partial charge is 0.286 e. The first-order valence-electron chi connectivity index (χ1n) is 7.04. The first-order valence-corrected chi connectivity index (χ1v) is 8.48. The van der Waals surface area contributed by atoms with Crippen molar-refractivity contribution in [3.05, 3.63) is 84.9 Å². The summed E-state index contributed by atoms with van der Waals surface area (Å²) in [5.74, 6) is 0. The highest BCUT2D eigenvalue weighted by atomic mass is 32.2. The molecule has 116 valence electrons. The molecule has 0 spiro atoms. The Balaban J connectivity index is 1.90. The van der Waals surface area contributed by atoms with Crippen molar-refractivity contribution in [3.63, 3.8) is 0 Å². The van der Waals surface area contributed by atoms with Gasteiger partial charge in [-0.1, -0.05) is 60.7 Å². The molecule has 0 heterocycles. The van der Waals surface area contributed by atoms with Crippen LogP contribution in [0.25, 0.3) is 11.1 Å². The first-order chi connectivity index (χ1) is 11.1. The van der Waals surface area contributed by atoms with E-state index >= 15 is 0 Å². The highest BCUT2D eigenvalue weighted by Gasteiger charge is 2.23. The van der Waals surface area contributed by atoms with Crippen LogP contribution in [0.4, 0.5) is 5.69 Å². The SMILES string of the molecule is O=S(=O)(c1ccccc1)N(O)c1ccc(-c2ccccc2)cc1. The summed E-state index contributed by atoms with van der Waals surface area (Å²) in [6.45, 7) is 0. The molecule has 3 rings (SSSR count). The second-order valence-electron chi connectivity index (χ2n) is 4.97. The molecule has 0 saturated heterocycles. The zero-order chi connectivity index (χ0) is 16.3. The van der Waals surface area contributed by atoms with Crippen LogP contribution < -0.4 is 4.47 Å². The number of nitrogens with zero attached hydrogens (tertiary/aromatic N) is 1. The van der Waals surface area contributed by atoms with Crippen LogP contribution in [0.3, 0.4) is 0 Å². The molecule has 1 N–H and O–H groups in total.